The molecule has 0 spiro atoms. The van der Waals surface area contributed by atoms with E-state index in [1.807, 2.05) is 19.9 Å². The largest absolute Gasteiger partial charge is 0.491 e. The van der Waals surface area contributed by atoms with Crippen molar-refractivity contribution in [3.63, 3.8) is 0 Å². The summed E-state index contributed by atoms with van der Waals surface area (Å²) in [4.78, 5) is 0. The molecule has 3 nitrogen and oxygen atoms in total. The van der Waals surface area contributed by atoms with Crippen LogP contribution in [0.1, 0.15) is 18.9 Å². The molecule has 0 saturated carbocycles. The number of aliphatic hydroxyl groups excluding tert-OH is 1. The zero-order chi connectivity index (χ0) is 14.1. The fourth-order valence-corrected chi connectivity index (χ4v) is 1.62. The first kappa shape index (κ1) is 15.8. The lowest BCUT2D eigenvalue weighted by molar-refractivity contribution is 0.107. The zero-order valence-electron chi connectivity index (χ0n) is 11.4. The summed E-state index contributed by atoms with van der Waals surface area (Å²) in [5.74, 6) is 6.50. The highest BCUT2D eigenvalue weighted by atomic mass is 35.5. The van der Waals surface area contributed by atoms with Gasteiger partial charge in [-0.2, -0.15) is 0 Å². The number of nitrogens with one attached hydrogen (secondary N) is 1. The second kappa shape index (κ2) is 8.82. The van der Waals surface area contributed by atoms with E-state index < -0.39 is 6.10 Å². The molecule has 0 fully saturated rings. The molecule has 1 atom stereocenters. The minimum absolute atomic E-state index is 0.257. The van der Waals surface area contributed by atoms with Gasteiger partial charge in [-0.1, -0.05) is 11.6 Å². The minimum Gasteiger partial charge on any atom is -0.491 e. The average Bonchev–Trinajstić information content (AvgIpc) is 2.40. The van der Waals surface area contributed by atoms with Crippen LogP contribution in [-0.2, 0) is 0 Å². The minimum atomic E-state index is -0.537. The van der Waals surface area contributed by atoms with Gasteiger partial charge in [0.1, 0.15) is 18.5 Å². The lowest BCUT2D eigenvalue weighted by Crippen LogP contribution is -2.31. The van der Waals surface area contributed by atoms with E-state index in [0.29, 0.717) is 11.6 Å². The summed E-state index contributed by atoms with van der Waals surface area (Å²) in [5, 5.41) is 13.6. The Balaban J connectivity index is 2.23. The summed E-state index contributed by atoms with van der Waals surface area (Å²) in [6, 6.07) is 5.45. The summed E-state index contributed by atoms with van der Waals surface area (Å²) < 4.78 is 5.51. The molecule has 0 aliphatic rings. The van der Waals surface area contributed by atoms with Crippen molar-refractivity contribution >= 4 is 11.6 Å². The van der Waals surface area contributed by atoms with Crippen molar-refractivity contribution in [2.45, 2.75) is 26.4 Å². The van der Waals surface area contributed by atoms with Crippen LogP contribution in [0.2, 0.25) is 5.02 Å². The van der Waals surface area contributed by atoms with Gasteiger partial charge in [0.15, 0.2) is 0 Å². The highest BCUT2D eigenvalue weighted by molar-refractivity contribution is 6.31. The first-order valence-electron chi connectivity index (χ1n) is 6.31. The van der Waals surface area contributed by atoms with Crippen molar-refractivity contribution in [2.75, 3.05) is 19.7 Å². The summed E-state index contributed by atoms with van der Waals surface area (Å²) in [5.41, 5.74) is 0.963. The van der Waals surface area contributed by atoms with E-state index in [-0.39, 0.29) is 6.61 Å². The van der Waals surface area contributed by atoms with E-state index in [0.717, 1.165) is 24.3 Å². The molecule has 19 heavy (non-hydrogen) atoms. The number of halogens is 1. The smallest absolute Gasteiger partial charge is 0.119 e. The fraction of sp³-hybridized carbons (Fsp3) is 0.467. The van der Waals surface area contributed by atoms with Crippen LogP contribution in [0, 0.1) is 18.8 Å². The Labute approximate surface area is 119 Å². The Morgan fingerprint density at radius 1 is 1.47 bits per heavy atom. The molecule has 0 aliphatic heterocycles. The third-order valence-electron chi connectivity index (χ3n) is 2.56. The van der Waals surface area contributed by atoms with Gasteiger partial charge in [-0.15, -0.1) is 11.8 Å². The molecule has 0 aromatic heterocycles. The van der Waals surface area contributed by atoms with E-state index >= 15 is 0 Å². The van der Waals surface area contributed by atoms with Gasteiger partial charge in [0.05, 0.1) is 0 Å². The second-order valence-corrected chi connectivity index (χ2v) is 4.66. The van der Waals surface area contributed by atoms with Crippen molar-refractivity contribution in [3.8, 4) is 17.6 Å². The number of ether oxygens (including phenoxy) is 1. The van der Waals surface area contributed by atoms with E-state index in [4.69, 9.17) is 16.3 Å². The Hall–Kier alpha value is -1.21. The van der Waals surface area contributed by atoms with Crippen LogP contribution in [0.5, 0.6) is 5.75 Å². The molecule has 0 aliphatic carbocycles. The molecule has 1 aromatic rings. The molecule has 1 rings (SSSR count). The van der Waals surface area contributed by atoms with Gasteiger partial charge in [0.2, 0.25) is 0 Å². The molecule has 0 amide bonds. The number of rotatable bonds is 7. The molecule has 1 unspecified atom stereocenters. The van der Waals surface area contributed by atoms with Gasteiger partial charge in [-0.25, -0.2) is 0 Å². The number of aryl methyl sites for hydroxylation is 1. The molecule has 0 bridgehead atoms. The first-order chi connectivity index (χ1) is 9.13. The maximum atomic E-state index is 9.74. The van der Waals surface area contributed by atoms with Gasteiger partial charge >= 0.3 is 0 Å². The Morgan fingerprint density at radius 3 is 2.95 bits per heavy atom. The molecule has 1 aromatic carbocycles. The van der Waals surface area contributed by atoms with Gasteiger partial charge in [0, 0.05) is 24.5 Å². The summed E-state index contributed by atoms with van der Waals surface area (Å²) in [7, 11) is 0. The predicted octanol–water partition coefficient (Wildman–Crippen LogP) is 2.39. The van der Waals surface area contributed by atoms with E-state index in [9.17, 15) is 5.11 Å². The molecule has 104 valence electrons. The summed E-state index contributed by atoms with van der Waals surface area (Å²) >= 11 is 5.93. The quantitative estimate of drug-likeness (QED) is 0.596. The third-order valence-corrected chi connectivity index (χ3v) is 2.98. The molecule has 2 N–H and O–H groups in total. The van der Waals surface area contributed by atoms with Crippen LogP contribution in [-0.4, -0.2) is 30.9 Å². The summed E-state index contributed by atoms with van der Waals surface area (Å²) in [6.07, 6.45) is 0.256. The van der Waals surface area contributed by atoms with Crippen LogP contribution < -0.4 is 10.1 Å². The van der Waals surface area contributed by atoms with Gasteiger partial charge in [-0.3, -0.25) is 0 Å². The van der Waals surface area contributed by atoms with Crippen molar-refractivity contribution < 1.29 is 9.84 Å². The van der Waals surface area contributed by atoms with Crippen LogP contribution >= 0.6 is 11.6 Å². The van der Waals surface area contributed by atoms with Crippen LogP contribution in [0.15, 0.2) is 18.2 Å². The average molecular weight is 282 g/mol. The molecule has 0 heterocycles. The van der Waals surface area contributed by atoms with E-state index in [1.54, 1.807) is 12.1 Å². The first-order valence-corrected chi connectivity index (χ1v) is 6.68. The fourth-order valence-electron chi connectivity index (χ4n) is 1.50. The number of benzene rings is 1. The lowest BCUT2D eigenvalue weighted by Gasteiger charge is -2.13. The molecular formula is C15H20ClNO2. The maximum absolute atomic E-state index is 9.74. The van der Waals surface area contributed by atoms with Crippen molar-refractivity contribution in [3.05, 3.63) is 28.8 Å². The van der Waals surface area contributed by atoms with Crippen LogP contribution in [0.3, 0.4) is 0 Å². The van der Waals surface area contributed by atoms with Gasteiger partial charge < -0.3 is 15.2 Å². The van der Waals surface area contributed by atoms with Crippen molar-refractivity contribution in [1.82, 2.24) is 5.32 Å². The molecule has 4 heteroatoms. The van der Waals surface area contributed by atoms with Crippen LogP contribution in [0.25, 0.3) is 0 Å². The molecule has 0 saturated heterocycles. The highest BCUT2D eigenvalue weighted by Crippen LogP contribution is 2.20. The lowest BCUT2D eigenvalue weighted by atomic mass is 10.2. The maximum Gasteiger partial charge on any atom is 0.119 e. The normalized spacial score (nSPS) is 11.6. The standard InChI is InChI=1S/C15H20ClNO2/c1-3-4-5-8-17-10-13(18)11-19-14-6-7-15(16)12(2)9-14/h6-7,9,13,17-18H,5,8,10-11H2,1-2H3. The van der Waals surface area contributed by atoms with E-state index in [2.05, 4.69) is 17.2 Å². The Kier molecular flexibility index (Phi) is 7.35. The highest BCUT2D eigenvalue weighted by Gasteiger charge is 2.05. The third kappa shape index (κ3) is 6.49. The SMILES string of the molecule is CC#CCCNCC(O)COc1ccc(Cl)c(C)c1. The number of hydrogen-bond donors (Lipinski definition) is 2. The summed E-state index contributed by atoms with van der Waals surface area (Å²) in [6.45, 7) is 5.27. The van der Waals surface area contributed by atoms with E-state index in [1.165, 1.54) is 0 Å². The Morgan fingerprint density at radius 2 is 2.26 bits per heavy atom. The second-order valence-electron chi connectivity index (χ2n) is 4.26. The molecular weight excluding hydrogens is 262 g/mol. The zero-order valence-corrected chi connectivity index (χ0v) is 12.1. The van der Waals surface area contributed by atoms with Crippen molar-refractivity contribution in [1.29, 1.82) is 0 Å². The van der Waals surface area contributed by atoms with Crippen LogP contribution in [0.4, 0.5) is 0 Å². The van der Waals surface area contributed by atoms with Gasteiger partial charge in [0.25, 0.3) is 0 Å². The monoisotopic (exact) mass is 281 g/mol. The van der Waals surface area contributed by atoms with Gasteiger partial charge in [-0.05, 0) is 37.6 Å². The predicted molar refractivity (Wildman–Crippen MR) is 78.6 cm³/mol. The number of hydrogen-bond acceptors (Lipinski definition) is 3. The number of aliphatic hydroxyl groups is 1. The molecule has 0 radical (unpaired) electrons. The topological polar surface area (TPSA) is 41.5 Å². The van der Waals surface area contributed by atoms with Crippen molar-refractivity contribution in [2.24, 2.45) is 0 Å². The Bertz CT molecular complexity index is 451.